The van der Waals surface area contributed by atoms with Gasteiger partial charge in [0, 0.05) is 6.42 Å². The third kappa shape index (κ3) is 3.14. The van der Waals surface area contributed by atoms with Gasteiger partial charge in [-0.1, -0.05) is 26.0 Å². The van der Waals surface area contributed by atoms with Crippen molar-refractivity contribution in [3.8, 4) is 0 Å². The SMILES string of the molecule is CC(C)C(=O)OC1CCC2C(=O)C(c3nc4ccccc4s3)=COC2C1. The molecule has 0 spiro atoms. The van der Waals surface area contributed by atoms with Gasteiger partial charge >= 0.3 is 5.97 Å². The molecule has 0 saturated heterocycles. The van der Waals surface area contributed by atoms with Crippen molar-refractivity contribution in [2.75, 3.05) is 0 Å². The number of ether oxygens (including phenoxy) is 2. The predicted molar refractivity (Wildman–Crippen MR) is 99.5 cm³/mol. The van der Waals surface area contributed by atoms with Crippen molar-refractivity contribution in [2.24, 2.45) is 11.8 Å². The maximum atomic E-state index is 13.0. The number of esters is 1. The molecule has 26 heavy (non-hydrogen) atoms. The van der Waals surface area contributed by atoms with E-state index in [9.17, 15) is 9.59 Å². The molecule has 1 fully saturated rings. The summed E-state index contributed by atoms with van der Waals surface area (Å²) in [5, 5.41) is 0.711. The van der Waals surface area contributed by atoms with Crippen LogP contribution in [-0.2, 0) is 19.1 Å². The summed E-state index contributed by atoms with van der Waals surface area (Å²) in [6, 6.07) is 7.85. The molecule has 6 heteroatoms. The molecule has 1 aliphatic carbocycles. The fourth-order valence-electron chi connectivity index (χ4n) is 3.51. The first-order valence-electron chi connectivity index (χ1n) is 8.99. The average Bonchev–Trinajstić information content (AvgIpc) is 3.05. The van der Waals surface area contributed by atoms with Gasteiger partial charge in [-0.2, -0.15) is 0 Å². The van der Waals surface area contributed by atoms with Crippen LogP contribution in [0.2, 0.25) is 0 Å². The number of carbonyl (C=O) groups excluding carboxylic acids is 2. The van der Waals surface area contributed by atoms with Crippen LogP contribution in [0.15, 0.2) is 30.5 Å². The van der Waals surface area contributed by atoms with Crippen LogP contribution >= 0.6 is 11.3 Å². The normalized spacial score (nSPS) is 25.6. The highest BCUT2D eigenvalue weighted by Gasteiger charge is 2.42. The van der Waals surface area contributed by atoms with E-state index in [1.54, 1.807) is 6.26 Å². The zero-order chi connectivity index (χ0) is 18.3. The van der Waals surface area contributed by atoms with Crippen LogP contribution in [0.25, 0.3) is 15.8 Å². The topological polar surface area (TPSA) is 65.5 Å². The van der Waals surface area contributed by atoms with E-state index in [4.69, 9.17) is 9.47 Å². The van der Waals surface area contributed by atoms with E-state index < -0.39 is 0 Å². The molecule has 0 radical (unpaired) electrons. The molecule has 1 aromatic carbocycles. The number of ketones is 1. The lowest BCUT2D eigenvalue weighted by molar-refractivity contribution is -0.158. The number of benzene rings is 1. The molecular formula is C20H21NO4S. The van der Waals surface area contributed by atoms with Crippen LogP contribution in [0.5, 0.6) is 0 Å². The summed E-state index contributed by atoms with van der Waals surface area (Å²) in [5.74, 6) is -0.432. The summed E-state index contributed by atoms with van der Waals surface area (Å²) >= 11 is 1.51. The van der Waals surface area contributed by atoms with Crippen LogP contribution in [0.1, 0.15) is 38.1 Å². The quantitative estimate of drug-likeness (QED) is 0.764. The molecule has 0 N–H and O–H groups in total. The summed E-state index contributed by atoms with van der Waals surface area (Å²) in [6.07, 6.45) is 3.09. The Morgan fingerprint density at radius 2 is 2.12 bits per heavy atom. The molecule has 2 aromatic rings. The number of carbonyl (C=O) groups is 2. The number of para-hydroxylation sites is 1. The first-order chi connectivity index (χ1) is 12.5. The van der Waals surface area contributed by atoms with E-state index in [2.05, 4.69) is 4.98 Å². The molecule has 0 bridgehead atoms. The molecule has 5 nitrogen and oxygen atoms in total. The molecule has 4 rings (SSSR count). The number of fused-ring (bicyclic) bond motifs is 2. The lowest BCUT2D eigenvalue weighted by Crippen LogP contribution is -2.42. The number of hydrogen-bond acceptors (Lipinski definition) is 6. The summed E-state index contributed by atoms with van der Waals surface area (Å²) in [5.41, 5.74) is 1.46. The van der Waals surface area contributed by atoms with Gasteiger partial charge in [-0.3, -0.25) is 9.59 Å². The van der Waals surface area contributed by atoms with Gasteiger partial charge in [0.1, 0.15) is 17.2 Å². The van der Waals surface area contributed by atoms with Crippen molar-refractivity contribution in [3.05, 3.63) is 35.5 Å². The second-order valence-electron chi connectivity index (χ2n) is 7.19. The van der Waals surface area contributed by atoms with Crippen LogP contribution in [0.3, 0.4) is 0 Å². The maximum absolute atomic E-state index is 13.0. The Morgan fingerprint density at radius 3 is 2.88 bits per heavy atom. The zero-order valence-electron chi connectivity index (χ0n) is 14.8. The second kappa shape index (κ2) is 6.83. The fraction of sp³-hybridized carbons (Fsp3) is 0.450. The molecule has 1 aromatic heterocycles. The van der Waals surface area contributed by atoms with Crippen molar-refractivity contribution in [2.45, 2.75) is 45.3 Å². The predicted octanol–water partition coefficient (Wildman–Crippen LogP) is 3.97. The monoisotopic (exact) mass is 371 g/mol. The summed E-state index contributed by atoms with van der Waals surface area (Å²) < 4.78 is 12.5. The Bertz CT molecular complexity index is 852. The number of hydrogen-bond donors (Lipinski definition) is 0. The second-order valence-corrected chi connectivity index (χ2v) is 8.22. The Morgan fingerprint density at radius 1 is 1.31 bits per heavy atom. The maximum Gasteiger partial charge on any atom is 0.308 e. The minimum absolute atomic E-state index is 0.0916. The van der Waals surface area contributed by atoms with Gasteiger partial charge in [-0.05, 0) is 25.0 Å². The van der Waals surface area contributed by atoms with Gasteiger partial charge in [0.15, 0.2) is 5.78 Å². The molecule has 3 atom stereocenters. The van der Waals surface area contributed by atoms with E-state index in [0.29, 0.717) is 29.8 Å². The van der Waals surface area contributed by atoms with Crippen molar-refractivity contribution in [1.82, 2.24) is 4.98 Å². The molecule has 2 heterocycles. The Labute approximate surface area is 156 Å². The minimum atomic E-state index is -0.223. The van der Waals surface area contributed by atoms with Gasteiger partial charge in [-0.25, -0.2) is 4.98 Å². The highest BCUT2D eigenvalue weighted by atomic mass is 32.1. The van der Waals surface area contributed by atoms with Crippen LogP contribution in [0.4, 0.5) is 0 Å². The number of Topliss-reactive ketones (excluding diaryl/α,β-unsaturated/α-hetero) is 1. The smallest absolute Gasteiger partial charge is 0.308 e. The lowest BCUT2D eigenvalue weighted by atomic mass is 9.79. The number of rotatable bonds is 3. The summed E-state index contributed by atoms with van der Waals surface area (Å²) in [4.78, 5) is 29.4. The van der Waals surface area contributed by atoms with Crippen molar-refractivity contribution < 1.29 is 19.1 Å². The molecular weight excluding hydrogens is 350 g/mol. The van der Waals surface area contributed by atoms with Crippen molar-refractivity contribution in [3.63, 3.8) is 0 Å². The van der Waals surface area contributed by atoms with Gasteiger partial charge in [0.05, 0.1) is 33.9 Å². The average molecular weight is 371 g/mol. The van der Waals surface area contributed by atoms with Crippen molar-refractivity contribution >= 4 is 38.9 Å². The summed E-state index contributed by atoms with van der Waals surface area (Å²) in [6.45, 7) is 3.64. The highest BCUT2D eigenvalue weighted by Crippen LogP contribution is 2.39. The fourth-order valence-corrected chi connectivity index (χ4v) is 4.48. The van der Waals surface area contributed by atoms with Crippen molar-refractivity contribution in [1.29, 1.82) is 0 Å². The molecule has 3 unspecified atom stereocenters. The zero-order valence-corrected chi connectivity index (χ0v) is 15.6. The van der Waals surface area contributed by atoms with E-state index in [1.807, 2.05) is 38.1 Å². The molecule has 2 aliphatic rings. The largest absolute Gasteiger partial charge is 0.496 e. The van der Waals surface area contributed by atoms with Crippen LogP contribution in [-0.4, -0.2) is 28.9 Å². The van der Waals surface area contributed by atoms with E-state index in [-0.39, 0.29) is 35.8 Å². The first kappa shape index (κ1) is 17.2. The van der Waals surface area contributed by atoms with Gasteiger partial charge in [-0.15, -0.1) is 11.3 Å². The number of aromatic nitrogens is 1. The van der Waals surface area contributed by atoms with E-state index >= 15 is 0 Å². The number of thiazole rings is 1. The third-order valence-electron chi connectivity index (χ3n) is 4.99. The minimum Gasteiger partial charge on any atom is -0.496 e. The highest BCUT2D eigenvalue weighted by molar-refractivity contribution is 7.19. The Balaban J connectivity index is 1.51. The molecule has 136 valence electrons. The molecule has 0 amide bonds. The third-order valence-corrected chi connectivity index (χ3v) is 6.05. The van der Waals surface area contributed by atoms with Gasteiger partial charge in [0.25, 0.3) is 0 Å². The van der Waals surface area contributed by atoms with E-state index in [0.717, 1.165) is 10.2 Å². The lowest BCUT2D eigenvalue weighted by Gasteiger charge is -2.37. The summed E-state index contributed by atoms with van der Waals surface area (Å²) in [7, 11) is 0. The Kier molecular flexibility index (Phi) is 4.53. The van der Waals surface area contributed by atoms with Crippen LogP contribution < -0.4 is 0 Å². The molecule has 1 saturated carbocycles. The van der Waals surface area contributed by atoms with E-state index in [1.165, 1.54) is 11.3 Å². The van der Waals surface area contributed by atoms with Gasteiger partial charge < -0.3 is 9.47 Å². The number of allylic oxidation sites excluding steroid dienone is 1. The van der Waals surface area contributed by atoms with Crippen LogP contribution in [0, 0.1) is 11.8 Å². The standard InChI is InChI=1S/C20H21NO4S/c1-11(2)20(23)25-12-7-8-13-16(9-12)24-10-14(18(13)22)19-21-15-5-3-4-6-17(15)26-19/h3-6,10-13,16H,7-9H2,1-2H3. The molecule has 1 aliphatic heterocycles. The van der Waals surface area contributed by atoms with Gasteiger partial charge in [0.2, 0.25) is 0 Å². The number of nitrogens with zero attached hydrogens (tertiary/aromatic N) is 1. The first-order valence-corrected chi connectivity index (χ1v) is 9.81. The Hall–Kier alpha value is -2.21.